The molecule has 0 atom stereocenters. The molecule has 1 aromatic heterocycles. The molecule has 152 valence electrons. The van der Waals surface area contributed by atoms with E-state index in [0.29, 0.717) is 0 Å². The maximum Gasteiger partial charge on any atom is 0.0361 e. The summed E-state index contributed by atoms with van der Waals surface area (Å²) in [6.07, 6.45) is 0. The first kappa shape index (κ1) is 17.6. The molecule has 0 bridgehead atoms. The molecule has 0 N–H and O–H groups in total. The summed E-state index contributed by atoms with van der Waals surface area (Å²) in [5, 5.41) is 13.3. The van der Waals surface area contributed by atoms with Gasteiger partial charge in [0.2, 0.25) is 0 Å². The second kappa shape index (κ2) is 6.31. The SMILES string of the molecule is c1ccc2cc3c(cc2c1)sc1ccc(-c2cc4ccc5cccc6ccc(c2)c4c56)cc13. The van der Waals surface area contributed by atoms with Crippen LogP contribution in [-0.4, -0.2) is 0 Å². The van der Waals surface area contributed by atoms with Crippen molar-refractivity contribution >= 4 is 74.6 Å². The Morgan fingerprint density at radius 3 is 1.73 bits per heavy atom. The molecule has 0 aliphatic heterocycles. The summed E-state index contributed by atoms with van der Waals surface area (Å²) in [6.45, 7) is 0. The van der Waals surface area contributed by atoms with Crippen molar-refractivity contribution in [2.24, 2.45) is 0 Å². The van der Waals surface area contributed by atoms with Crippen molar-refractivity contribution in [2.45, 2.75) is 0 Å². The molecule has 0 amide bonds. The van der Waals surface area contributed by atoms with Crippen LogP contribution in [0.15, 0.2) is 109 Å². The van der Waals surface area contributed by atoms with Crippen molar-refractivity contribution in [2.75, 3.05) is 0 Å². The monoisotopic (exact) mass is 434 g/mol. The maximum absolute atomic E-state index is 2.38. The third kappa shape index (κ3) is 2.46. The van der Waals surface area contributed by atoms with Gasteiger partial charge in [-0.05, 0) is 90.6 Å². The van der Waals surface area contributed by atoms with E-state index in [1.807, 2.05) is 11.3 Å². The predicted molar refractivity (Wildman–Crippen MR) is 146 cm³/mol. The van der Waals surface area contributed by atoms with Gasteiger partial charge in [0.1, 0.15) is 0 Å². The van der Waals surface area contributed by atoms with Gasteiger partial charge < -0.3 is 0 Å². The Morgan fingerprint density at radius 1 is 0.364 bits per heavy atom. The van der Waals surface area contributed by atoms with Crippen LogP contribution in [0.2, 0.25) is 0 Å². The summed E-state index contributed by atoms with van der Waals surface area (Å²) in [7, 11) is 0. The zero-order valence-corrected chi connectivity index (χ0v) is 18.6. The highest BCUT2D eigenvalue weighted by Crippen LogP contribution is 2.41. The molecule has 0 radical (unpaired) electrons. The Labute approximate surface area is 194 Å². The molecule has 1 heterocycles. The number of hydrogen-bond acceptors (Lipinski definition) is 1. The molecular weight excluding hydrogens is 416 g/mol. The number of benzene rings is 7. The first-order valence-electron chi connectivity index (χ1n) is 11.3. The fourth-order valence-electron chi connectivity index (χ4n) is 5.56. The van der Waals surface area contributed by atoms with Crippen LogP contribution < -0.4 is 0 Å². The predicted octanol–water partition coefficient (Wildman–Crippen LogP) is 9.77. The number of rotatable bonds is 1. The second-order valence-electron chi connectivity index (χ2n) is 9.02. The number of fused-ring (bicyclic) bond motifs is 4. The van der Waals surface area contributed by atoms with Crippen molar-refractivity contribution in [3.8, 4) is 11.1 Å². The van der Waals surface area contributed by atoms with Gasteiger partial charge in [-0.1, -0.05) is 72.8 Å². The summed E-state index contributed by atoms with van der Waals surface area (Å²) in [5.74, 6) is 0. The topological polar surface area (TPSA) is 0 Å². The van der Waals surface area contributed by atoms with Crippen molar-refractivity contribution in [3.05, 3.63) is 109 Å². The van der Waals surface area contributed by atoms with Crippen LogP contribution in [0.5, 0.6) is 0 Å². The Kier molecular flexibility index (Phi) is 3.37. The highest BCUT2D eigenvalue weighted by atomic mass is 32.1. The largest absolute Gasteiger partial charge is 0.135 e. The van der Waals surface area contributed by atoms with E-state index in [2.05, 4.69) is 109 Å². The fourth-order valence-corrected chi connectivity index (χ4v) is 6.68. The molecule has 0 spiro atoms. The van der Waals surface area contributed by atoms with Gasteiger partial charge >= 0.3 is 0 Å². The lowest BCUT2D eigenvalue weighted by Crippen LogP contribution is -1.85. The van der Waals surface area contributed by atoms with Gasteiger partial charge in [-0.3, -0.25) is 0 Å². The van der Waals surface area contributed by atoms with E-state index in [4.69, 9.17) is 0 Å². The minimum Gasteiger partial charge on any atom is -0.135 e. The molecule has 8 rings (SSSR count). The third-order valence-corrected chi connectivity index (χ3v) is 8.27. The highest BCUT2D eigenvalue weighted by molar-refractivity contribution is 7.25. The average molecular weight is 435 g/mol. The minimum atomic E-state index is 1.28. The van der Waals surface area contributed by atoms with E-state index >= 15 is 0 Å². The maximum atomic E-state index is 2.38. The Hall–Kier alpha value is -3.94. The molecule has 0 fully saturated rings. The summed E-state index contributed by atoms with van der Waals surface area (Å²) in [6, 6.07) is 40.7. The molecule has 0 unspecified atom stereocenters. The lowest BCUT2D eigenvalue weighted by atomic mass is 9.91. The van der Waals surface area contributed by atoms with Crippen LogP contribution in [-0.2, 0) is 0 Å². The molecule has 0 aliphatic carbocycles. The van der Waals surface area contributed by atoms with E-state index < -0.39 is 0 Å². The summed E-state index contributed by atoms with van der Waals surface area (Å²) < 4.78 is 2.71. The third-order valence-electron chi connectivity index (χ3n) is 7.13. The van der Waals surface area contributed by atoms with E-state index in [1.165, 1.54) is 74.4 Å². The molecule has 8 aromatic rings. The quantitative estimate of drug-likeness (QED) is 0.226. The van der Waals surface area contributed by atoms with Crippen LogP contribution in [0.4, 0.5) is 0 Å². The van der Waals surface area contributed by atoms with Gasteiger partial charge in [0.15, 0.2) is 0 Å². The molecule has 1 heteroatoms. The highest BCUT2D eigenvalue weighted by Gasteiger charge is 2.12. The van der Waals surface area contributed by atoms with E-state index in [9.17, 15) is 0 Å². The minimum absolute atomic E-state index is 1.28. The Bertz CT molecular complexity index is 1960. The summed E-state index contributed by atoms with van der Waals surface area (Å²) in [5.41, 5.74) is 2.56. The zero-order chi connectivity index (χ0) is 21.5. The second-order valence-corrected chi connectivity index (χ2v) is 10.1. The van der Waals surface area contributed by atoms with Crippen LogP contribution in [0.25, 0.3) is 74.4 Å². The van der Waals surface area contributed by atoms with Gasteiger partial charge in [0.25, 0.3) is 0 Å². The molecular formula is C32H18S. The average Bonchev–Trinajstić information content (AvgIpc) is 3.22. The lowest BCUT2D eigenvalue weighted by Gasteiger charge is -2.13. The van der Waals surface area contributed by atoms with Crippen LogP contribution >= 0.6 is 11.3 Å². The lowest BCUT2D eigenvalue weighted by molar-refractivity contribution is 1.72. The van der Waals surface area contributed by atoms with Gasteiger partial charge in [-0.25, -0.2) is 0 Å². The van der Waals surface area contributed by atoms with E-state index in [-0.39, 0.29) is 0 Å². The standard InChI is InChI=1S/C32H18S/c1-2-5-22-18-30-28(16-21(22)4-1)27-17-23(12-13-29(27)33-30)26-14-24-10-8-19-6-3-7-20-9-11-25(15-26)32(24)31(19)20/h1-18H. The van der Waals surface area contributed by atoms with Crippen molar-refractivity contribution < 1.29 is 0 Å². The number of hydrogen-bond donors (Lipinski definition) is 0. The first-order valence-corrected chi connectivity index (χ1v) is 12.2. The molecule has 0 aliphatic rings. The van der Waals surface area contributed by atoms with Crippen molar-refractivity contribution in [1.82, 2.24) is 0 Å². The van der Waals surface area contributed by atoms with Gasteiger partial charge in [-0.15, -0.1) is 11.3 Å². The van der Waals surface area contributed by atoms with Gasteiger partial charge in [0, 0.05) is 20.2 Å². The zero-order valence-electron chi connectivity index (χ0n) is 17.8. The molecule has 0 nitrogen and oxygen atoms in total. The normalized spacial score (nSPS) is 12.2. The van der Waals surface area contributed by atoms with E-state index in [1.54, 1.807) is 0 Å². The van der Waals surface area contributed by atoms with Crippen LogP contribution in [0, 0.1) is 0 Å². The van der Waals surface area contributed by atoms with Crippen LogP contribution in [0.1, 0.15) is 0 Å². The smallest absolute Gasteiger partial charge is 0.0361 e. The molecule has 0 saturated carbocycles. The van der Waals surface area contributed by atoms with Crippen molar-refractivity contribution in [3.63, 3.8) is 0 Å². The molecule has 7 aromatic carbocycles. The first-order chi connectivity index (χ1) is 16.3. The number of thiophene rings is 1. The molecule has 33 heavy (non-hydrogen) atoms. The Morgan fingerprint density at radius 2 is 0.970 bits per heavy atom. The van der Waals surface area contributed by atoms with Crippen LogP contribution in [0.3, 0.4) is 0 Å². The fraction of sp³-hybridized carbons (Fsp3) is 0. The van der Waals surface area contributed by atoms with E-state index in [0.717, 1.165) is 0 Å². The molecule has 0 saturated heterocycles. The summed E-state index contributed by atoms with van der Waals surface area (Å²) >= 11 is 1.89. The Balaban J connectivity index is 1.40. The summed E-state index contributed by atoms with van der Waals surface area (Å²) in [4.78, 5) is 0. The van der Waals surface area contributed by atoms with Crippen molar-refractivity contribution in [1.29, 1.82) is 0 Å². The van der Waals surface area contributed by atoms with Gasteiger partial charge in [0.05, 0.1) is 0 Å². The van der Waals surface area contributed by atoms with Gasteiger partial charge in [-0.2, -0.15) is 0 Å².